The fourth-order valence-corrected chi connectivity index (χ4v) is 2.15. The van der Waals surface area contributed by atoms with E-state index in [9.17, 15) is 14.7 Å². The average molecular weight is 295 g/mol. The third-order valence-electron chi connectivity index (χ3n) is 3.28. The number of nitrogens with zero attached hydrogens (tertiary/aromatic N) is 2. The number of rotatable bonds is 2. The first-order valence-corrected chi connectivity index (χ1v) is 6.64. The van der Waals surface area contributed by atoms with Gasteiger partial charge in [0, 0.05) is 6.21 Å². The molecule has 110 valence electrons. The number of nitrogens with one attached hydrogen (secondary N) is 1. The molecule has 0 aliphatic carbocycles. The van der Waals surface area contributed by atoms with Crippen molar-refractivity contribution in [3.8, 4) is 11.6 Å². The van der Waals surface area contributed by atoms with Gasteiger partial charge in [-0.2, -0.15) is 0 Å². The molecule has 0 amide bonds. The Kier molecular flexibility index (Phi) is 3.34. The highest BCUT2D eigenvalue weighted by atomic mass is 16.3. The first kappa shape index (κ1) is 13.8. The van der Waals surface area contributed by atoms with E-state index in [-0.39, 0.29) is 5.56 Å². The lowest BCUT2D eigenvalue weighted by atomic mass is 10.2. The van der Waals surface area contributed by atoms with Crippen LogP contribution >= 0.6 is 0 Å². The molecule has 0 spiro atoms. The van der Waals surface area contributed by atoms with Crippen LogP contribution in [0.4, 0.5) is 0 Å². The van der Waals surface area contributed by atoms with E-state index in [2.05, 4.69) is 9.98 Å². The molecule has 2 aromatic rings. The van der Waals surface area contributed by atoms with Crippen LogP contribution in [0.5, 0.6) is 5.88 Å². The SMILES string of the molecule is Cc1ccc(-n2c(O)c(/C=C3/C=CC=N3)c(=O)[nH]c2=O)cc1. The van der Waals surface area contributed by atoms with Gasteiger partial charge in [-0.3, -0.25) is 14.8 Å². The summed E-state index contributed by atoms with van der Waals surface area (Å²) < 4.78 is 1.05. The summed E-state index contributed by atoms with van der Waals surface area (Å²) in [5.74, 6) is -0.416. The summed E-state index contributed by atoms with van der Waals surface area (Å²) in [4.78, 5) is 30.2. The maximum atomic E-state index is 12.0. The zero-order valence-corrected chi connectivity index (χ0v) is 11.8. The Morgan fingerprint density at radius 1 is 1.23 bits per heavy atom. The van der Waals surface area contributed by atoms with E-state index < -0.39 is 17.1 Å². The number of hydrogen-bond acceptors (Lipinski definition) is 4. The summed E-state index contributed by atoms with van der Waals surface area (Å²) in [6.45, 7) is 1.92. The third kappa shape index (κ3) is 2.42. The zero-order valence-electron chi connectivity index (χ0n) is 11.8. The molecule has 0 fully saturated rings. The predicted molar refractivity (Wildman–Crippen MR) is 84.7 cm³/mol. The zero-order chi connectivity index (χ0) is 15.7. The summed E-state index contributed by atoms with van der Waals surface area (Å²) in [5.41, 5.74) is 0.643. The molecule has 3 rings (SSSR count). The highest BCUT2D eigenvalue weighted by molar-refractivity contribution is 5.79. The van der Waals surface area contributed by atoms with Gasteiger partial charge in [0.1, 0.15) is 5.56 Å². The van der Waals surface area contributed by atoms with Crippen LogP contribution in [-0.4, -0.2) is 20.9 Å². The quantitative estimate of drug-likeness (QED) is 0.880. The highest BCUT2D eigenvalue weighted by Crippen LogP contribution is 2.20. The highest BCUT2D eigenvalue weighted by Gasteiger charge is 2.14. The molecular formula is C16H13N3O3. The van der Waals surface area contributed by atoms with Gasteiger partial charge in [-0.05, 0) is 37.3 Å². The molecule has 1 aliphatic heterocycles. The third-order valence-corrected chi connectivity index (χ3v) is 3.28. The fraction of sp³-hybridized carbons (Fsp3) is 0.0625. The van der Waals surface area contributed by atoms with Crippen molar-refractivity contribution in [2.45, 2.75) is 6.92 Å². The Bertz CT molecular complexity index is 915. The summed E-state index contributed by atoms with van der Waals surface area (Å²) in [7, 11) is 0. The molecule has 1 aromatic heterocycles. The Morgan fingerprint density at radius 2 is 1.95 bits per heavy atom. The second kappa shape index (κ2) is 5.33. The standard InChI is InChI=1S/C16H13N3O3/c1-10-4-6-12(7-5-10)19-15(21)13(14(20)18-16(19)22)9-11-3-2-8-17-11/h2-9,21H,1H3,(H,18,20,22)/b11-9-. The van der Waals surface area contributed by atoms with Crippen molar-refractivity contribution in [1.82, 2.24) is 9.55 Å². The van der Waals surface area contributed by atoms with E-state index in [1.165, 1.54) is 6.08 Å². The molecule has 0 saturated heterocycles. The van der Waals surface area contributed by atoms with Gasteiger partial charge in [-0.25, -0.2) is 9.36 Å². The normalized spacial score (nSPS) is 14.9. The first-order valence-electron chi connectivity index (χ1n) is 6.64. The predicted octanol–water partition coefficient (Wildman–Crippen LogP) is 1.52. The summed E-state index contributed by atoms with van der Waals surface area (Å²) in [6, 6.07) is 7.02. The van der Waals surface area contributed by atoms with Crippen LogP contribution in [0.25, 0.3) is 11.8 Å². The van der Waals surface area contributed by atoms with Crippen molar-refractivity contribution in [2.75, 3.05) is 0 Å². The van der Waals surface area contributed by atoms with Gasteiger partial charge in [0.05, 0.1) is 11.4 Å². The Balaban J connectivity index is 2.24. The van der Waals surface area contributed by atoms with Crippen LogP contribution < -0.4 is 11.2 Å². The molecule has 22 heavy (non-hydrogen) atoms. The smallest absolute Gasteiger partial charge is 0.335 e. The van der Waals surface area contributed by atoms with E-state index >= 15 is 0 Å². The molecule has 2 heterocycles. The minimum Gasteiger partial charge on any atom is -0.494 e. The van der Waals surface area contributed by atoms with Crippen LogP contribution in [0.3, 0.4) is 0 Å². The van der Waals surface area contributed by atoms with Crippen LogP contribution in [0, 0.1) is 6.92 Å². The van der Waals surface area contributed by atoms with Crippen molar-refractivity contribution in [2.24, 2.45) is 4.99 Å². The van der Waals surface area contributed by atoms with E-state index in [1.54, 1.807) is 30.5 Å². The molecular weight excluding hydrogens is 282 g/mol. The second-order valence-corrected chi connectivity index (χ2v) is 4.87. The van der Waals surface area contributed by atoms with Gasteiger partial charge >= 0.3 is 5.69 Å². The molecule has 0 radical (unpaired) electrons. The lowest BCUT2D eigenvalue weighted by Gasteiger charge is -2.10. The summed E-state index contributed by atoms with van der Waals surface area (Å²) >= 11 is 0. The number of aliphatic imine (C=N–C) groups is 1. The fourth-order valence-electron chi connectivity index (χ4n) is 2.15. The second-order valence-electron chi connectivity index (χ2n) is 4.87. The molecule has 0 atom stereocenters. The molecule has 1 aliphatic rings. The maximum absolute atomic E-state index is 12.0. The topological polar surface area (TPSA) is 87.4 Å². The lowest BCUT2D eigenvalue weighted by Crippen LogP contribution is -2.30. The van der Waals surface area contributed by atoms with E-state index in [1.807, 2.05) is 19.1 Å². The van der Waals surface area contributed by atoms with E-state index in [0.29, 0.717) is 11.4 Å². The van der Waals surface area contributed by atoms with Crippen LogP contribution in [0.1, 0.15) is 11.1 Å². The average Bonchev–Trinajstić information content (AvgIpc) is 2.98. The molecule has 6 nitrogen and oxygen atoms in total. The number of aromatic hydroxyl groups is 1. The van der Waals surface area contributed by atoms with Crippen LogP contribution in [-0.2, 0) is 0 Å². The molecule has 6 heteroatoms. The van der Waals surface area contributed by atoms with E-state index in [0.717, 1.165) is 10.1 Å². The number of benzene rings is 1. The number of hydrogen-bond donors (Lipinski definition) is 2. The monoisotopic (exact) mass is 295 g/mol. The van der Waals surface area contributed by atoms with Gasteiger partial charge in [-0.1, -0.05) is 17.7 Å². The molecule has 1 aromatic carbocycles. The number of aromatic amines is 1. The van der Waals surface area contributed by atoms with Gasteiger partial charge < -0.3 is 5.11 Å². The van der Waals surface area contributed by atoms with Gasteiger partial charge in [0.2, 0.25) is 5.88 Å². The van der Waals surface area contributed by atoms with Gasteiger partial charge in [-0.15, -0.1) is 0 Å². The van der Waals surface area contributed by atoms with Crippen molar-refractivity contribution in [3.63, 3.8) is 0 Å². The number of aromatic nitrogens is 2. The molecule has 0 saturated carbocycles. The number of aryl methyl sites for hydroxylation is 1. The molecule has 0 unspecified atom stereocenters. The van der Waals surface area contributed by atoms with Crippen LogP contribution in [0.2, 0.25) is 0 Å². The molecule has 2 N–H and O–H groups in total. The minimum absolute atomic E-state index is 0.0149. The van der Waals surface area contributed by atoms with Crippen molar-refractivity contribution < 1.29 is 5.11 Å². The Hall–Kier alpha value is -3.15. The minimum atomic E-state index is -0.695. The van der Waals surface area contributed by atoms with E-state index in [4.69, 9.17) is 0 Å². The Morgan fingerprint density at radius 3 is 2.59 bits per heavy atom. The first-order chi connectivity index (χ1) is 10.6. The number of H-pyrrole nitrogens is 1. The largest absolute Gasteiger partial charge is 0.494 e. The Labute approximate surface area is 125 Å². The lowest BCUT2D eigenvalue weighted by molar-refractivity contribution is 0.429. The van der Waals surface area contributed by atoms with Gasteiger partial charge in [0.25, 0.3) is 5.56 Å². The van der Waals surface area contributed by atoms with Crippen molar-refractivity contribution in [1.29, 1.82) is 0 Å². The van der Waals surface area contributed by atoms with Crippen LogP contribution in [0.15, 0.2) is 56.7 Å². The number of allylic oxidation sites excluding steroid dienone is 2. The molecule has 0 bridgehead atoms. The van der Waals surface area contributed by atoms with Gasteiger partial charge in [0.15, 0.2) is 0 Å². The maximum Gasteiger partial charge on any atom is 0.335 e. The summed E-state index contributed by atoms with van der Waals surface area (Å²) in [5, 5.41) is 10.4. The van der Waals surface area contributed by atoms with Crippen molar-refractivity contribution in [3.05, 3.63) is 74.1 Å². The summed E-state index contributed by atoms with van der Waals surface area (Å²) in [6.07, 6.45) is 6.42. The van der Waals surface area contributed by atoms with Crippen molar-refractivity contribution >= 4 is 12.3 Å².